The molecule has 0 spiro atoms. The van der Waals surface area contributed by atoms with Crippen LogP contribution in [-0.2, 0) is 16.1 Å². The van der Waals surface area contributed by atoms with E-state index in [1.807, 2.05) is 17.9 Å². The Kier molecular flexibility index (Phi) is 8.44. The smallest absolute Gasteiger partial charge is 0.238 e. The van der Waals surface area contributed by atoms with Gasteiger partial charge in [0.1, 0.15) is 5.75 Å². The van der Waals surface area contributed by atoms with E-state index in [1.54, 1.807) is 31.4 Å². The molecule has 1 aliphatic heterocycles. The van der Waals surface area contributed by atoms with Gasteiger partial charge in [0.25, 0.3) is 0 Å². The molecule has 7 nitrogen and oxygen atoms in total. The Morgan fingerprint density at radius 3 is 2.45 bits per heavy atom. The number of benzene rings is 2. The number of likely N-dealkylation sites (tertiary alicyclic amines) is 1. The fraction of sp³-hybridized carbons (Fsp3) is 0.417. The van der Waals surface area contributed by atoms with Gasteiger partial charge in [-0.2, -0.15) is 0 Å². The van der Waals surface area contributed by atoms with Gasteiger partial charge in [-0.15, -0.1) is 0 Å². The zero-order chi connectivity index (χ0) is 22.1. The first-order valence-corrected chi connectivity index (χ1v) is 10.8. The molecule has 1 aliphatic rings. The Balaban J connectivity index is 1.40. The number of hydrogen-bond acceptors (Lipinski definition) is 5. The summed E-state index contributed by atoms with van der Waals surface area (Å²) in [6.45, 7) is 5.67. The number of nitrogens with one attached hydrogen (secondary N) is 2. The van der Waals surface area contributed by atoms with Crippen molar-refractivity contribution in [2.45, 2.75) is 25.9 Å². The van der Waals surface area contributed by atoms with Crippen LogP contribution in [0.5, 0.6) is 5.75 Å². The van der Waals surface area contributed by atoms with Crippen LogP contribution in [0.25, 0.3) is 0 Å². The van der Waals surface area contributed by atoms with Gasteiger partial charge >= 0.3 is 0 Å². The summed E-state index contributed by atoms with van der Waals surface area (Å²) in [5, 5.41) is 5.99. The van der Waals surface area contributed by atoms with Gasteiger partial charge in [-0.3, -0.25) is 19.4 Å². The third-order valence-electron chi connectivity index (χ3n) is 5.44. The number of rotatable bonds is 10. The molecule has 1 heterocycles. The van der Waals surface area contributed by atoms with Gasteiger partial charge in [0, 0.05) is 31.4 Å². The van der Waals surface area contributed by atoms with Gasteiger partial charge in [-0.05, 0) is 42.8 Å². The SMILES string of the molecule is CCN(CC(=O)Nc1ccc(OC)cc1)CC(=O)N[C@H]1CCN(Cc2ccccc2)C1. The summed E-state index contributed by atoms with van der Waals surface area (Å²) in [5.74, 6) is 0.555. The highest BCUT2D eigenvalue weighted by molar-refractivity contribution is 5.92. The van der Waals surface area contributed by atoms with Crippen LogP contribution in [0, 0.1) is 0 Å². The molecule has 1 saturated heterocycles. The predicted octanol–water partition coefficient (Wildman–Crippen LogP) is 2.35. The molecule has 0 aromatic heterocycles. The molecule has 31 heavy (non-hydrogen) atoms. The molecule has 3 rings (SSSR count). The van der Waals surface area contributed by atoms with E-state index in [9.17, 15) is 9.59 Å². The Bertz CT molecular complexity index is 842. The van der Waals surface area contributed by atoms with Crippen molar-refractivity contribution in [3.05, 3.63) is 60.2 Å². The molecule has 0 bridgehead atoms. The summed E-state index contributed by atoms with van der Waals surface area (Å²) in [6.07, 6.45) is 0.947. The normalized spacial score (nSPS) is 16.3. The molecular weight excluding hydrogens is 392 g/mol. The Morgan fingerprint density at radius 2 is 1.77 bits per heavy atom. The number of methoxy groups -OCH3 is 1. The van der Waals surface area contributed by atoms with E-state index in [0.29, 0.717) is 12.2 Å². The second-order valence-corrected chi connectivity index (χ2v) is 7.85. The third-order valence-corrected chi connectivity index (χ3v) is 5.44. The van der Waals surface area contributed by atoms with Gasteiger partial charge in [0.05, 0.1) is 20.2 Å². The molecule has 0 aliphatic carbocycles. The quantitative estimate of drug-likeness (QED) is 0.613. The van der Waals surface area contributed by atoms with Gasteiger partial charge in [-0.25, -0.2) is 0 Å². The zero-order valence-electron chi connectivity index (χ0n) is 18.3. The van der Waals surface area contributed by atoms with Crippen molar-refractivity contribution in [2.24, 2.45) is 0 Å². The number of carbonyl (C=O) groups is 2. The van der Waals surface area contributed by atoms with Crippen molar-refractivity contribution in [1.29, 1.82) is 0 Å². The fourth-order valence-corrected chi connectivity index (χ4v) is 3.77. The lowest BCUT2D eigenvalue weighted by Crippen LogP contribution is -2.45. The summed E-state index contributed by atoms with van der Waals surface area (Å²) in [6, 6.07) is 17.7. The van der Waals surface area contributed by atoms with Gasteiger partial charge < -0.3 is 15.4 Å². The number of ether oxygens (including phenoxy) is 1. The minimum atomic E-state index is -0.144. The minimum Gasteiger partial charge on any atom is -0.497 e. The molecule has 1 fully saturated rings. The van der Waals surface area contributed by atoms with Crippen LogP contribution in [0.4, 0.5) is 5.69 Å². The lowest BCUT2D eigenvalue weighted by molar-refractivity contribution is -0.123. The van der Waals surface area contributed by atoms with E-state index in [-0.39, 0.29) is 30.9 Å². The van der Waals surface area contributed by atoms with Crippen molar-refractivity contribution in [3.63, 3.8) is 0 Å². The predicted molar refractivity (Wildman–Crippen MR) is 122 cm³/mol. The molecule has 2 aromatic carbocycles. The van der Waals surface area contributed by atoms with Crippen molar-refractivity contribution in [2.75, 3.05) is 45.2 Å². The summed E-state index contributed by atoms with van der Waals surface area (Å²) in [7, 11) is 1.60. The van der Waals surface area contributed by atoms with Crippen LogP contribution >= 0.6 is 0 Å². The molecule has 7 heteroatoms. The van der Waals surface area contributed by atoms with Gasteiger partial charge in [0.2, 0.25) is 11.8 Å². The first-order valence-electron chi connectivity index (χ1n) is 10.8. The second kappa shape index (κ2) is 11.5. The average Bonchev–Trinajstić information content (AvgIpc) is 3.20. The average molecular weight is 425 g/mol. The first-order chi connectivity index (χ1) is 15.1. The van der Waals surface area contributed by atoms with E-state index < -0.39 is 0 Å². The van der Waals surface area contributed by atoms with Crippen LogP contribution in [-0.4, -0.2) is 67.5 Å². The second-order valence-electron chi connectivity index (χ2n) is 7.85. The van der Waals surface area contributed by atoms with Gasteiger partial charge in [-0.1, -0.05) is 37.3 Å². The van der Waals surface area contributed by atoms with Gasteiger partial charge in [0.15, 0.2) is 0 Å². The maximum atomic E-state index is 12.5. The van der Waals surface area contributed by atoms with Crippen molar-refractivity contribution in [1.82, 2.24) is 15.1 Å². The van der Waals surface area contributed by atoms with Crippen molar-refractivity contribution in [3.8, 4) is 5.75 Å². The number of carbonyl (C=O) groups excluding carboxylic acids is 2. The number of hydrogen-bond donors (Lipinski definition) is 2. The van der Waals surface area contributed by atoms with Crippen LogP contribution in [0.2, 0.25) is 0 Å². The summed E-state index contributed by atoms with van der Waals surface area (Å²) in [5.41, 5.74) is 1.99. The number of likely N-dealkylation sites (N-methyl/N-ethyl adjacent to an activating group) is 1. The highest BCUT2D eigenvalue weighted by Gasteiger charge is 2.24. The highest BCUT2D eigenvalue weighted by atomic mass is 16.5. The Hall–Kier alpha value is -2.90. The number of amides is 2. The van der Waals surface area contributed by atoms with Crippen LogP contribution in [0.1, 0.15) is 18.9 Å². The molecule has 166 valence electrons. The summed E-state index contributed by atoms with van der Waals surface area (Å²) >= 11 is 0. The largest absolute Gasteiger partial charge is 0.497 e. The topological polar surface area (TPSA) is 73.9 Å². The van der Waals surface area contributed by atoms with Crippen LogP contribution in [0.15, 0.2) is 54.6 Å². The monoisotopic (exact) mass is 424 g/mol. The summed E-state index contributed by atoms with van der Waals surface area (Å²) in [4.78, 5) is 29.1. The highest BCUT2D eigenvalue weighted by Crippen LogP contribution is 2.15. The van der Waals surface area contributed by atoms with E-state index >= 15 is 0 Å². The lowest BCUT2D eigenvalue weighted by atomic mass is 10.2. The molecule has 1 atom stereocenters. The third kappa shape index (κ3) is 7.38. The maximum Gasteiger partial charge on any atom is 0.238 e. The minimum absolute atomic E-state index is 0.0364. The van der Waals surface area contributed by atoms with Crippen LogP contribution in [0.3, 0.4) is 0 Å². The molecule has 2 N–H and O–H groups in total. The van der Waals surface area contributed by atoms with Crippen molar-refractivity contribution >= 4 is 17.5 Å². The maximum absolute atomic E-state index is 12.5. The van der Waals surface area contributed by atoms with E-state index in [2.05, 4.69) is 39.8 Å². The molecule has 0 saturated carbocycles. The standard InChI is InChI=1S/C24H32N4O3/c1-3-27(17-23(29)25-20-9-11-22(31-2)12-10-20)18-24(30)26-21-13-14-28(16-21)15-19-7-5-4-6-8-19/h4-12,21H,3,13-18H2,1-2H3,(H,25,29)(H,26,30)/t21-/m0/s1. The molecule has 0 unspecified atom stereocenters. The number of nitrogens with zero attached hydrogens (tertiary/aromatic N) is 2. The fourth-order valence-electron chi connectivity index (χ4n) is 3.77. The Labute approximate surface area is 184 Å². The van der Waals surface area contributed by atoms with E-state index in [0.717, 1.165) is 31.8 Å². The van der Waals surface area contributed by atoms with Crippen LogP contribution < -0.4 is 15.4 Å². The lowest BCUT2D eigenvalue weighted by Gasteiger charge is -2.21. The van der Waals surface area contributed by atoms with E-state index in [4.69, 9.17) is 4.74 Å². The number of anilines is 1. The molecule has 0 radical (unpaired) electrons. The van der Waals surface area contributed by atoms with E-state index in [1.165, 1.54) is 5.56 Å². The Morgan fingerprint density at radius 1 is 1.06 bits per heavy atom. The first kappa shape index (κ1) is 22.8. The summed E-state index contributed by atoms with van der Waals surface area (Å²) < 4.78 is 5.12. The van der Waals surface area contributed by atoms with Crippen molar-refractivity contribution < 1.29 is 14.3 Å². The molecule has 2 aromatic rings. The molecular formula is C24H32N4O3. The molecule has 2 amide bonds. The zero-order valence-corrected chi connectivity index (χ0v) is 18.3.